The van der Waals surface area contributed by atoms with Crippen LogP contribution in [0.3, 0.4) is 0 Å². The lowest BCUT2D eigenvalue weighted by molar-refractivity contribution is -0.116. The molecule has 4 rings (SSSR count). The Hall–Kier alpha value is -2.86. The number of anilines is 1. The molecular weight excluding hydrogens is 342 g/mol. The SMILES string of the molecule is O=C1Cc2ccccc2N1C(=O)N1CCN(CCOc2ccccc2)CC1. The van der Waals surface area contributed by atoms with E-state index < -0.39 is 0 Å². The molecule has 0 N–H and O–H groups in total. The van der Waals surface area contributed by atoms with Gasteiger partial charge in [-0.25, -0.2) is 9.69 Å². The fourth-order valence-corrected chi connectivity index (χ4v) is 3.58. The summed E-state index contributed by atoms with van der Waals surface area (Å²) in [7, 11) is 0. The van der Waals surface area contributed by atoms with Crippen molar-refractivity contribution in [2.24, 2.45) is 0 Å². The number of rotatable bonds is 4. The van der Waals surface area contributed by atoms with Gasteiger partial charge in [0.05, 0.1) is 12.1 Å². The molecule has 2 aliphatic rings. The number of hydrogen-bond acceptors (Lipinski definition) is 4. The predicted octanol–water partition coefficient (Wildman–Crippen LogP) is 2.39. The molecule has 2 aromatic rings. The fourth-order valence-electron chi connectivity index (χ4n) is 3.58. The minimum atomic E-state index is -0.204. The molecule has 2 aliphatic heterocycles. The van der Waals surface area contributed by atoms with Gasteiger partial charge in [-0.2, -0.15) is 0 Å². The van der Waals surface area contributed by atoms with Crippen molar-refractivity contribution in [2.45, 2.75) is 6.42 Å². The summed E-state index contributed by atoms with van der Waals surface area (Å²) < 4.78 is 5.74. The van der Waals surface area contributed by atoms with Gasteiger partial charge in [0.25, 0.3) is 0 Å². The van der Waals surface area contributed by atoms with E-state index in [-0.39, 0.29) is 11.9 Å². The van der Waals surface area contributed by atoms with E-state index in [9.17, 15) is 9.59 Å². The van der Waals surface area contributed by atoms with Crippen molar-refractivity contribution in [3.63, 3.8) is 0 Å². The van der Waals surface area contributed by atoms with E-state index in [1.807, 2.05) is 54.6 Å². The fraction of sp³-hybridized carbons (Fsp3) is 0.333. The molecule has 3 amide bonds. The zero-order valence-corrected chi connectivity index (χ0v) is 15.2. The number of para-hydroxylation sites is 2. The minimum Gasteiger partial charge on any atom is -0.492 e. The molecule has 0 saturated carbocycles. The van der Waals surface area contributed by atoms with Crippen molar-refractivity contribution in [2.75, 3.05) is 44.2 Å². The summed E-state index contributed by atoms with van der Waals surface area (Å²) >= 11 is 0. The normalized spacial score (nSPS) is 17.1. The zero-order chi connectivity index (χ0) is 18.6. The molecule has 0 atom stereocenters. The quantitative estimate of drug-likeness (QED) is 0.835. The lowest BCUT2D eigenvalue weighted by Crippen LogP contribution is -2.54. The van der Waals surface area contributed by atoms with Crippen molar-refractivity contribution in [1.82, 2.24) is 9.80 Å². The molecule has 1 fully saturated rings. The third-order valence-corrected chi connectivity index (χ3v) is 5.08. The largest absolute Gasteiger partial charge is 0.492 e. The van der Waals surface area contributed by atoms with Crippen LogP contribution in [0, 0.1) is 0 Å². The first kappa shape index (κ1) is 17.5. The van der Waals surface area contributed by atoms with Crippen LogP contribution in [0.25, 0.3) is 0 Å². The number of imide groups is 1. The summed E-state index contributed by atoms with van der Waals surface area (Å²) in [5, 5.41) is 0. The number of nitrogens with zero attached hydrogens (tertiary/aromatic N) is 3. The van der Waals surface area contributed by atoms with Crippen LogP contribution in [0.1, 0.15) is 5.56 Å². The first-order valence-electron chi connectivity index (χ1n) is 9.32. The number of fused-ring (bicyclic) bond motifs is 1. The van der Waals surface area contributed by atoms with Gasteiger partial charge in [-0.3, -0.25) is 9.69 Å². The van der Waals surface area contributed by atoms with Crippen molar-refractivity contribution < 1.29 is 14.3 Å². The Labute approximate surface area is 158 Å². The molecule has 0 bridgehead atoms. The number of urea groups is 1. The number of carbonyl (C=O) groups excluding carboxylic acids is 2. The summed E-state index contributed by atoms with van der Waals surface area (Å²) in [5.74, 6) is 0.734. The second-order valence-electron chi connectivity index (χ2n) is 6.81. The smallest absolute Gasteiger partial charge is 0.331 e. The third-order valence-electron chi connectivity index (χ3n) is 5.08. The molecule has 0 unspecified atom stereocenters. The van der Waals surface area contributed by atoms with Crippen LogP contribution in [0.4, 0.5) is 10.5 Å². The summed E-state index contributed by atoms with van der Waals surface area (Å²) in [6.45, 7) is 4.26. The first-order valence-corrected chi connectivity index (χ1v) is 9.32. The van der Waals surface area contributed by atoms with Crippen molar-refractivity contribution in [3.05, 3.63) is 60.2 Å². The monoisotopic (exact) mass is 365 g/mol. The average molecular weight is 365 g/mol. The lowest BCUT2D eigenvalue weighted by Gasteiger charge is -2.36. The van der Waals surface area contributed by atoms with Crippen molar-refractivity contribution >= 4 is 17.6 Å². The lowest BCUT2D eigenvalue weighted by atomic mass is 10.2. The van der Waals surface area contributed by atoms with E-state index in [4.69, 9.17) is 4.74 Å². The number of ether oxygens (including phenoxy) is 1. The van der Waals surface area contributed by atoms with E-state index in [0.29, 0.717) is 26.1 Å². The highest BCUT2D eigenvalue weighted by atomic mass is 16.5. The second-order valence-corrected chi connectivity index (χ2v) is 6.81. The predicted molar refractivity (Wildman–Crippen MR) is 103 cm³/mol. The minimum absolute atomic E-state index is 0.139. The molecule has 6 heteroatoms. The molecule has 27 heavy (non-hydrogen) atoms. The van der Waals surface area contributed by atoms with Crippen molar-refractivity contribution in [3.8, 4) is 5.75 Å². The van der Waals surface area contributed by atoms with E-state index in [1.165, 1.54) is 4.90 Å². The van der Waals surface area contributed by atoms with Gasteiger partial charge in [0, 0.05) is 32.7 Å². The molecule has 1 saturated heterocycles. The van der Waals surface area contributed by atoms with Gasteiger partial charge in [0.2, 0.25) is 5.91 Å². The molecule has 0 aromatic heterocycles. The third kappa shape index (κ3) is 3.80. The topological polar surface area (TPSA) is 53.1 Å². The number of carbonyl (C=O) groups is 2. The van der Waals surface area contributed by atoms with Gasteiger partial charge in [-0.15, -0.1) is 0 Å². The van der Waals surface area contributed by atoms with Crippen LogP contribution in [0.5, 0.6) is 5.75 Å². The standard InChI is InChI=1S/C21H23N3O3/c25-20-16-17-6-4-5-9-19(17)24(20)21(26)23-12-10-22(11-13-23)14-15-27-18-7-2-1-3-8-18/h1-9H,10-16H2. The molecule has 140 valence electrons. The summed E-state index contributed by atoms with van der Waals surface area (Å²) in [5.41, 5.74) is 1.65. The Morgan fingerprint density at radius 1 is 0.926 bits per heavy atom. The Kier molecular flexibility index (Phi) is 5.07. The molecule has 0 aliphatic carbocycles. The van der Waals surface area contributed by atoms with Crippen LogP contribution >= 0.6 is 0 Å². The Bertz CT molecular complexity index is 816. The maximum Gasteiger partial charge on any atom is 0.331 e. The maximum absolute atomic E-state index is 12.9. The van der Waals surface area contributed by atoms with E-state index >= 15 is 0 Å². The van der Waals surface area contributed by atoms with Crippen LogP contribution in [-0.4, -0.2) is 61.1 Å². The second kappa shape index (κ2) is 7.80. The summed E-state index contributed by atoms with van der Waals surface area (Å²) in [4.78, 5) is 30.6. The van der Waals surface area contributed by atoms with Crippen LogP contribution < -0.4 is 9.64 Å². The van der Waals surface area contributed by atoms with Gasteiger partial charge in [-0.05, 0) is 23.8 Å². The molecule has 2 heterocycles. The number of benzene rings is 2. The maximum atomic E-state index is 12.9. The van der Waals surface area contributed by atoms with E-state index in [0.717, 1.165) is 36.6 Å². The van der Waals surface area contributed by atoms with Gasteiger partial charge in [0.1, 0.15) is 12.4 Å². The van der Waals surface area contributed by atoms with E-state index in [1.54, 1.807) is 4.90 Å². The van der Waals surface area contributed by atoms with Gasteiger partial charge >= 0.3 is 6.03 Å². The number of hydrogen-bond donors (Lipinski definition) is 0. The van der Waals surface area contributed by atoms with Gasteiger partial charge < -0.3 is 9.64 Å². The van der Waals surface area contributed by atoms with Gasteiger partial charge in [0.15, 0.2) is 0 Å². The van der Waals surface area contributed by atoms with Gasteiger partial charge in [-0.1, -0.05) is 36.4 Å². The highest BCUT2D eigenvalue weighted by Crippen LogP contribution is 2.29. The molecule has 0 spiro atoms. The Morgan fingerprint density at radius 2 is 1.63 bits per heavy atom. The van der Waals surface area contributed by atoms with Crippen LogP contribution in [-0.2, 0) is 11.2 Å². The van der Waals surface area contributed by atoms with Crippen LogP contribution in [0.15, 0.2) is 54.6 Å². The number of piperazine rings is 1. The average Bonchev–Trinajstić information content (AvgIpc) is 3.04. The number of amides is 3. The highest BCUT2D eigenvalue weighted by Gasteiger charge is 2.35. The molecule has 6 nitrogen and oxygen atoms in total. The zero-order valence-electron chi connectivity index (χ0n) is 15.2. The molecule has 0 radical (unpaired) electrons. The van der Waals surface area contributed by atoms with Crippen molar-refractivity contribution in [1.29, 1.82) is 0 Å². The summed E-state index contributed by atoms with van der Waals surface area (Å²) in [6.07, 6.45) is 0.304. The summed E-state index contributed by atoms with van der Waals surface area (Å²) in [6, 6.07) is 17.1. The Balaban J connectivity index is 1.28. The molecular formula is C21H23N3O3. The Morgan fingerprint density at radius 3 is 2.41 bits per heavy atom. The van der Waals surface area contributed by atoms with E-state index in [2.05, 4.69) is 4.90 Å². The van der Waals surface area contributed by atoms with Crippen LogP contribution in [0.2, 0.25) is 0 Å². The molecule has 2 aromatic carbocycles. The first-order chi connectivity index (χ1) is 13.2. The highest BCUT2D eigenvalue weighted by molar-refractivity contribution is 6.18.